The van der Waals surface area contributed by atoms with Crippen molar-refractivity contribution in [2.24, 2.45) is 5.11 Å². The summed E-state index contributed by atoms with van der Waals surface area (Å²) >= 11 is 0. The lowest BCUT2D eigenvalue weighted by atomic mass is 10.1. The van der Waals surface area contributed by atoms with E-state index in [0.29, 0.717) is 39.5 Å². The molecule has 0 bridgehead atoms. The first-order valence-corrected chi connectivity index (χ1v) is 6.72. The van der Waals surface area contributed by atoms with Gasteiger partial charge in [-0.3, -0.25) is 9.59 Å². The highest BCUT2D eigenvalue weighted by Crippen LogP contribution is 1.92. The third-order valence-corrected chi connectivity index (χ3v) is 2.57. The Balaban J connectivity index is 3.44. The van der Waals surface area contributed by atoms with Gasteiger partial charge in [-0.05, 0) is 19.5 Å². The van der Waals surface area contributed by atoms with E-state index in [0.717, 1.165) is 0 Å². The minimum absolute atomic E-state index is 0.0678. The average Bonchev–Trinajstić information content (AvgIpc) is 2.46. The highest BCUT2D eigenvalue weighted by Gasteiger charge is 2.15. The van der Waals surface area contributed by atoms with Gasteiger partial charge in [0.1, 0.15) is 5.78 Å². The maximum absolute atomic E-state index is 11.5. The molecule has 0 aliphatic carbocycles. The number of hydrogen-bond acceptors (Lipinski definition) is 6. The van der Waals surface area contributed by atoms with Crippen LogP contribution in [-0.4, -0.2) is 64.3 Å². The first kappa shape index (κ1) is 19.3. The topological polar surface area (TPSA) is 125 Å². The fourth-order valence-corrected chi connectivity index (χ4v) is 1.44. The number of likely N-dealkylation sites (N-methyl/N-ethyl adjacent to an activating group) is 1. The Labute approximate surface area is 124 Å². The van der Waals surface area contributed by atoms with Crippen LogP contribution in [-0.2, 0) is 19.1 Å². The van der Waals surface area contributed by atoms with E-state index < -0.39 is 6.04 Å². The zero-order valence-electron chi connectivity index (χ0n) is 12.5. The van der Waals surface area contributed by atoms with Crippen LogP contribution in [0.3, 0.4) is 0 Å². The van der Waals surface area contributed by atoms with E-state index in [-0.39, 0.29) is 18.1 Å². The predicted molar refractivity (Wildman–Crippen MR) is 76.8 cm³/mol. The second kappa shape index (κ2) is 13.3. The van der Waals surface area contributed by atoms with Gasteiger partial charge in [-0.15, -0.1) is 0 Å². The highest BCUT2D eigenvalue weighted by molar-refractivity contribution is 5.88. The number of carbonyl (C=O) groups excluding carboxylic acids is 2. The van der Waals surface area contributed by atoms with Crippen molar-refractivity contribution in [3.05, 3.63) is 10.4 Å². The van der Waals surface area contributed by atoms with E-state index in [2.05, 4.69) is 20.7 Å². The van der Waals surface area contributed by atoms with Gasteiger partial charge in [0.2, 0.25) is 5.91 Å². The Morgan fingerprint density at radius 3 is 2.48 bits per heavy atom. The number of hydrogen-bond donors (Lipinski definition) is 2. The zero-order valence-corrected chi connectivity index (χ0v) is 12.5. The fraction of sp³-hybridized carbons (Fsp3) is 0.833. The minimum atomic E-state index is -0.449. The van der Waals surface area contributed by atoms with Gasteiger partial charge in [0.25, 0.3) is 0 Å². The van der Waals surface area contributed by atoms with Crippen LogP contribution in [0.1, 0.15) is 13.3 Å². The number of Topliss-reactive ketones (excluding diaryl/α,β-unsaturated/α-hetero) is 1. The van der Waals surface area contributed by atoms with Crippen molar-refractivity contribution in [3.8, 4) is 0 Å². The second-order valence-electron chi connectivity index (χ2n) is 4.19. The molecule has 21 heavy (non-hydrogen) atoms. The molecule has 0 aromatic rings. The van der Waals surface area contributed by atoms with Crippen molar-refractivity contribution < 1.29 is 19.1 Å². The number of ether oxygens (including phenoxy) is 2. The number of ketones is 1. The quantitative estimate of drug-likeness (QED) is 0.214. The van der Waals surface area contributed by atoms with Crippen molar-refractivity contribution >= 4 is 11.7 Å². The van der Waals surface area contributed by atoms with Gasteiger partial charge in [0.05, 0.1) is 32.5 Å². The summed E-state index contributed by atoms with van der Waals surface area (Å²) in [5, 5.41) is 8.77. The third-order valence-electron chi connectivity index (χ3n) is 2.57. The van der Waals surface area contributed by atoms with Crippen LogP contribution >= 0.6 is 0 Å². The summed E-state index contributed by atoms with van der Waals surface area (Å²) in [6.45, 7) is 3.66. The second-order valence-corrected chi connectivity index (χ2v) is 4.19. The van der Waals surface area contributed by atoms with Gasteiger partial charge >= 0.3 is 0 Å². The van der Waals surface area contributed by atoms with Crippen LogP contribution in [0.5, 0.6) is 0 Å². The zero-order chi connectivity index (χ0) is 15.9. The first-order chi connectivity index (χ1) is 10.1. The van der Waals surface area contributed by atoms with Gasteiger partial charge in [0, 0.05) is 24.4 Å². The van der Waals surface area contributed by atoms with E-state index in [4.69, 9.17) is 15.0 Å². The van der Waals surface area contributed by atoms with Crippen molar-refractivity contribution in [2.45, 2.75) is 19.4 Å². The molecule has 120 valence electrons. The Bertz CT molecular complexity index is 358. The molecule has 0 unspecified atom stereocenters. The maximum Gasteiger partial charge on any atom is 0.222 e. The Morgan fingerprint density at radius 1 is 1.24 bits per heavy atom. The highest BCUT2D eigenvalue weighted by atomic mass is 16.5. The molecule has 0 saturated carbocycles. The van der Waals surface area contributed by atoms with E-state index in [1.54, 1.807) is 7.05 Å². The summed E-state index contributed by atoms with van der Waals surface area (Å²) in [6, 6.07) is -0.449. The van der Waals surface area contributed by atoms with Crippen LogP contribution in [0.25, 0.3) is 10.4 Å². The third kappa shape index (κ3) is 11.8. The summed E-state index contributed by atoms with van der Waals surface area (Å²) in [6.07, 6.45) is 0.119. The smallest absolute Gasteiger partial charge is 0.222 e. The summed E-state index contributed by atoms with van der Waals surface area (Å²) < 4.78 is 10.4. The van der Waals surface area contributed by atoms with E-state index in [1.165, 1.54) is 6.92 Å². The SMILES string of the molecule is CN[C@@H](CC(=O)NCCOCCOCCN=[N+]=[N-])C(C)=O. The van der Waals surface area contributed by atoms with Crippen LogP contribution in [0.2, 0.25) is 0 Å². The summed E-state index contributed by atoms with van der Waals surface area (Å²) in [4.78, 5) is 25.3. The maximum atomic E-state index is 11.5. The number of nitrogens with one attached hydrogen (secondary N) is 2. The standard InChI is InChI=1S/C12H23N5O4/c1-10(18)11(14-2)9-12(19)15-3-5-20-7-8-21-6-4-16-17-13/h11,14H,3-9H2,1-2H3,(H,15,19)/t11-/m0/s1. The van der Waals surface area contributed by atoms with Crippen molar-refractivity contribution in [3.63, 3.8) is 0 Å². The van der Waals surface area contributed by atoms with Crippen molar-refractivity contribution in [1.82, 2.24) is 10.6 Å². The molecule has 0 radical (unpaired) electrons. The van der Waals surface area contributed by atoms with Crippen LogP contribution in [0.15, 0.2) is 5.11 Å². The molecule has 0 aromatic heterocycles. The molecule has 9 nitrogen and oxygen atoms in total. The number of amides is 1. The number of rotatable bonds is 13. The largest absolute Gasteiger partial charge is 0.379 e. The molecule has 2 N–H and O–H groups in total. The van der Waals surface area contributed by atoms with Crippen LogP contribution < -0.4 is 10.6 Å². The summed E-state index contributed by atoms with van der Waals surface area (Å²) in [5.41, 5.74) is 8.03. The predicted octanol–water partition coefficient (Wildman–Crippen LogP) is 0.0132. The van der Waals surface area contributed by atoms with E-state index >= 15 is 0 Å². The summed E-state index contributed by atoms with van der Waals surface area (Å²) in [7, 11) is 1.64. The monoisotopic (exact) mass is 301 g/mol. The molecule has 9 heteroatoms. The lowest BCUT2D eigenvalue weighted by Crippen LogP contribution is -2.39. The number of carbonyl (C=O) groups is 2. The number of azide groups is 1. The van der Waals surface area contributed by atoms with Crippen molar-refractivity contribution in [1.29, 1.82) is 0 Å². The molecule has 0 heterocycles. The molecule has 0 fully saturated rings. The van der Waals surface area contributed by atoms with Gasteiger partial charge in [-0.2, -0.15) is 0 Å². The van der Waals surface area contributed by atoms with Crippen LogP contribution in [0.4, 0.5) is 0 Å². The molecule has 0 aliphatic heterocycles. The Morgan fingerprint density at radius 2 is 1.90 bits per heavy atom. The Hall–Kier alpha value is -1.67. The Kier molecular flexibility index (Phi) is 12.3. The summed E-state index contributed by atoms with van der Waals surface area (Å²) in [5.74, 6) is -0.263. The molecule has 0 spiro atoms. The lowest BCUT2D eigenvalue weighted by molar-refractivity contribution is -0.126. The molecule has 0 aliphatic rings. The van der Waals surface area contributed by atoms with Gasteiger partial charge in [-0.1, -0.05) is 5.11 Å². The van der Waals surface area contributed by atoms with E-state index in [1.807, 2.05) is 0 Å². The first-order valence-electron chi connectivity index (χ1n) is 6.72. The molecule has 0 saturated heterocycles. The number of nitrogens with zero attached hydrogens (tertiary/aromatic N) is 3. The molecule has 0 rings (SSSR count). The average molecular weight is 301 g/mol. The molecule has 0 aromatic carbocycles. The van der Waals surface area contributed by atoms with Crippen molar-refractivity contribution in [2.75, 3.05) is 46.6 Å². The van der Waals surface area contributed by atoms with Crippen LogP contribution in [0, 0.1) is 0 Å². The normalized spacial score (nSPS) is 11.5. The van der Waals surface area contributed by atoms with E-state index in [9.17, 15) is 9.59 Å². The lowest BCUT2D eigenvalue weighted by Gasteiger charge is -2.12. The molecular formula is C12H23N5O4. The molecule has 1 amide bonds. The molecular weight excluding hydrogens is 278 g/mol. The van der Waals surface area contributed by atoms with Gasteiger partial charge in [0.15, 0.2) is 0 Å². The van der Waals surface area contributed by atoms with Gasteiger partial charge in [-0.25, -0.2) is 0 Å². The minimum Gasteiger partial charge on any atom is -0.379 e. The van der Waals surface area contributed by atoms with Gasteiger partial charge < -0.3 is 20.1 Å². The fourth-order valence-electron chi connectivity index (χ4n) is 1.44. The molecule has 1 atom stereocenters.